The Morgan fingerprint density at radius 1 is 1.29 bits per heavy atom. The molecule has 2 N–H and O–H groups in total. The molecule has 0 aliphatic carbocycles. The highest BCUT2D eigenvalue weighted by molar-refractivity contribution is 6.31. The van der Waals surface area contributed by atoms with Gasteiger partial charge in [0.15, 0.2) is 0 Å². The van der Waals surface area contributed by atoms with Gasteiger partial charge in [0.2, 0.25) is 0 Å². The zero-order valence-electron chi connectivity index (χ0n) is 19.3. The van der Waals surface area contributed by atoms with Gasteiger partial charge in [0.1, 0.15) is 0 Å². The Morgan fingerprint density at radius 3 is 2.55 bits per heavy atom. The second-order valence-electron chi connectivity index (χ2n) is 8.81. The van der Waals surface area contributed by atoms with Crippen LogP contribution < -0.4 is 15.8 Å². The Bertz CT molecular complexity index is 1020. The van der Waals surface area contributed by atoms with Crippen LogP contribution in [0.2, 0.25) is 5.02 Å². The topological polar surface area (TPSA) is 68.4 Å². The molecule has 0 atom stereocenters. The van der Waals surface area contributed by atoms with Crippen LogP contribution in [-0.2, 0) is 6.54 Å². The van der Waals surface area contributed by atoms with Crippen molar-refractivity contribution in [3.05, 3.63) is 61.5 Å². The third-order valence-corrected chi connectivity index (χ3v) is 6.30. The van der Waals surface area contributed by atoms with Crippen LogP contribution in [0.3, 0.4) is 0 Å². The van der Waals surface area contributed by atoms with Crippen molar-refractivity contribution >= 4 is 23.2 Å². The lowest BCUT2D eigenvalue weighted by molar-refractivity contribution is 0.0950. The predicted octanol–water partition coefficient (Wildman–Crippen LogP) is 3.84. The number of rotatable bonds is 7. The first-order valence-electron chi connectivity index (χ1n) is 10.9. The first-order chi connectivity index (χ1) is 14.6. The van der Waals surface area contributed by atoms with Crippen molar-refractivity contribution in [1.82, 2.24) is 15.2 Å². The van der Waals surface area contributed by atoms with E-state index >= 15 is 0 Å². The van der Waals surface area contributed by atoms with Crippen molar-refractivity contribution in [2.75, 3.05) is 31.6 Å². The molecule has 0 unspecified atom stereocenters. The monoisotopic (exact) mass is 444 g/mol. The number of carbonyl (C=O) groups is 1. The minimum absolute atomic E-state index is 0.154. The van der Waals surface area contributed by atoms with E-state index in [4.69, 9.17) is 11.6 Å². The number of benzene rings is 1. The smallest absolute Gasteiger partial charge is 0.253 e. The van der Waals surface area contributed by atoms with E-state index in [0.29, 0.717) is 22.2 Å². The van der Waals surface area contributed by atoms with Gasteiger partial charge in [-0.05, 0) is 63.1 Å². The number of H-pyrrole nitrogens is 1. The molecule has 31 heavy (non-hydrogen) atoms. The Labute approximate surface area is 189 Å². The van der Waals surface area contributed by atoms with Crippen molar-refractivity contribution in [3.8, 4) is 0 Å². The summed E-state index contributed by atoms with van der Waals surface area (Å²) in [6, 6.07) is 6.05. The summed E-state index contributed by atoms with van der Waals surface area (Å²) in [5.74, 6) is -0.0381. The molecule has 1 saturated heterocycles. The highest BCUT2D eigenvalue weighted by Gasteiger charge is 2.30. The maximum absolute atomic E-state index is 13.1. The molecule has 0 spiro atoms. The zero-order valence-corrected chi connectivity index (χ0v) is 20.1. The molecule has 0 radical (unpaired) electrons. The number of halogens is 1. The van der Waals surface area contributed by atoms with E-state index in [1.165, 1.54) is 0 Å². The Morgan fingerprint density at radius 2 is 1.97 bits per heavy atom. The molecular weight excluding hydrogens is 412 g/mol. The van der Waals surface area contributed by atoms with Crippen molar-refractivity contribution < 1.29 is 4.79 Å². The number of likely N-dealkylation sites (tertiary alicyclic amines) is 1. The summed E-state index contributed by atoms with van der Waals surface area (Å²) >= 11 is 6.42. The molecule has 3 rings (SSSR count). The van der Waals surface area contributed by atoms with Gasteiger partial charge >= 0.3 is 0 Å². The van der Waals surface area contributed by atoms with Gasteiger partial charge < -0.3 is 20.1 Å². The number of aromatic nitrogens is 1. The summed E-state index contributed by atoms with van der Waals surface area (Å²) < 4.78 is 0. The summed E-state index contributed by atoms with van der Waals surface area (Å²) in [5.41, 5.74) is 4.66. The summed E-state index contributed by atoms with van der Waals surface area (Å²) in [7, 11) is 2.10. The van der Waals surface area contributed by atoms with Crippen LogP contribution in [0, 0.1) is 13.8 Å². The van der Waals surface area contributed by atoms with Crippen LogP contribution in [0.25, 0.3) is 0 Å². The summed E-state index contributed by atoms with van der Waals surface area (Å²) in [5, 5.41) is 3.48. The minimum atomic E-state index is -0.224. The second kappa shape index (κ2) is 9.45. The highest BCUT2D eigenvalue weighted by atomic mass is 35.5. The second-order valence-corrected chi connectivity index (χ2v) is 9.25. The fourth-order valence-corrected chi connectivity index (χ4v) is 4.60. The predicted molar refractivity (Wildman–Crippen MR) is 128 cm³/mol. The quantitative estimate of drug-likeness (QED) is 0.680. The summed E-state index contributed by atoms with van der Waals surface area (Å²) in [6.07, 6.45) is 0. The van der Waals surface area contributed by atoms with Crippen molar-refractivity contribution in [3.63, 3.8) is 0 Å². The lowest BCUT2D eigenvalue weighted by Crippen LogP contribution is -2.58. The lowest BCUT2D eigenvalue weighted by Gasteiger charge is -2.45. The number of hydrogen-bond donors (Lipinski definition) is 2. The minimum Gasteiger partial charge on any atom is -0.366 e. The van der Waals surface area contributed by atoms with Gasteiger partial charge in [0.05, 0.1) is 6.04 Å². The van der Waals surface area contributed by atoms with Crippen LogP contribution in [-0.4, -0.2) is 48.5 Å². The molecular formula is C24H33ClN4O2. The number of hydrogen-bond acceptors (Lipinski definition) is 4. The fourth-order valence-electron chi connectivity index (χ4n) is 4.39. The molecule has 1 aliphatic rings. The average Bonchev–Trinajstić information content (AvgIpc) is 2.67. The van der Waals surface area contributed by atoms with Crippen LogP contribution in [0.4, 0.5) is 5.69 Å². The number of anilines is 1. The maximum atomic E-state index is 13.1. The zero-order chi connectivity index (χ0) is 22.9. The standard InChI is InChI=1S/C24H33ClN4O2/c1-7-29(18-12-28(6)13-18)22-10-17(25)9-20(16(22)5)23(30)26-11-21-19(14(2)3)8-15(4)27-24(21)31/h8-10,14,18H,7,11-13H2,1-6H3,(H,26,30)(H,27,31). The molecule has 0 saturated carbocycles. The first-order valence-corrected chi connectivity index (χ1v) is 11.3. The molecule has 2 heterocycles. The van der Waals surface area contributed by atoms with Crippen LogP contribution in [0.5, 0.6) is 0 Å². The number of pyridine rings is 1. The van der Waals surface area contributed by atoms with Gasteiger partial charge in [-0.3, -0.25) is 9.59 Å². The molecule has 0 bridgehead atoms. The fraction of sp³-hybridized carbons (Fsp3) is 0.500. The normalized spacial score (nSPS) is 14.6. The van der Waals surface area contributed by atoms with E-state index in [1.807, 2.05) is 39.8 Å². The Kier molecular flexibility index (Phi) is 7.12. The average molecular weight is 445 g/mol. The SMILES string of the molecule is CCN(c1cc(Cl)cc(C(=O)NCc2c(C(C)C)cc(C)[nH]c2=O)c1C)C1CN(C)C1. The van der Waals surface area contributed by atoms with Crippen LogP contribution in [0.1, 0.15) is 59.4 Å². The van der Waals surface area contributed by atoms with E-state index in [9.17, 15) is 9.59 Å². The number of aromatic amines is 1. The van der Waals surface area contributed by atoms with E-state index in [1.54, 1.807) is 6.07 Å². The van der Waals surface area contributed by atoms with Gasteiger partial charge in [-0.1, -0.05) is 25.4 Å². The van der Waals surface area contributed by atoms with Gasteiger partial charge in [-0.15, -0.1) is 0 Å². The highest BCUT2D eigenvalue weighted by Crippen LogP contribution is 2.31. The molecule has 168 valence electrons. The number of aryl methyl sites for hydroxylation is 1. The van der Waals surface area contributed by atoms with E-state index in [0.717, 1.165) is 42.1 Å². The molecule has 2 aromatic rings. The summed E-state index contributed by atoms with van der Waals surface area (Å²) in [4.78, 5) is 33.1. The third-order valence-electron chi connectivity index (χ3n) is 6.08. The molecule has 1 aliphatic heterocycles. The molecule has 7 heteroatoms. The largest absolute Gasteiger partial charge is 0.366 e. The van der Waals surface area contributed by atoms with Gasteiger partial charge in [-0.2, -0.15) is 0 Å². The van der Waals surface area contributed by atoms with Gasteiger partial charge in [0.25, 0.3) is 11.5 Å². The lowest BCUT2D eigenvalue weighted by atomic mass is 9.97. The maximum Gasteiger partial charge on any atom is 0.253 e. The van der Waals surface area contributed by atoms with Crippen LogP contribution in [0.15, 0.2) is 23.0 Å². The number of nitrogens with one attached hydrogen (secondary N) is 2. The number of carbonyl (C=O) groups excluding carboxylic acids is 1. The summed E-state index contributed by atoms with van der Waals surface area (Å²) in [6.45, 7) is 13.1. The molecule has 1 aromatic carbocycles. The van der Waals surface area contributed by atoms with E-state index < -0.39 is 0 Å². The van der Waals surface area contributed by atoms with E-state index in [2.05, 4.69) is 34.1 Å². The van der Waals surface area contributed by atoms with Crippen molar-refractivity contribution in [1.29, 1.82) is 0 Å². The Balaban J connectivity index is 1.86. The molecule has 1 amide bonds. The number of amides is 1. The van der Waals surface area contributed by atoms with Crippen molar-refractivity contribution in [2.45, 2.75) is 53.1 Å². The number of likely N-dealkylation sites (N-methyl/N-ethyl adjacent to an activating group) is 2. The van der Waals surface area contributed by atoms with Gasteiger partial charge in [0, 0.05) is 53.7 Å². The van der Waals surface area contributed by atoms with Gasteiger partial charge in [-0.25, -0.2) is 0 Å². The molecule has 1 fully saturated rings. The first kappa shape index (κ1) is 23.4. The molecule has 1 aromatic heterocycles. The van der Waals surface area contributed by atoms with Crippen LogP contribution >= 0.6 is 11.6 Å². The molecule has 6 nitrogen and oxygen atoms in total. The van der Waals surface area contributed by atoms with Crippen molar-refractivity contribution in [2.24, 2.45) is 0 Å². The third kappa shape index (κ3) is 4.96. The van der Waals surface area contributed by atoms with E-state index in [-0.39, 0.29) is 23.9 Å². The Hall–Kier alpha value is -2.31. The number of nitrogens with zero attached hydrogens (tertiary/aromatic N) is 2.